The molecule has 5 nitrogen and oxygen atoms in total. The van der Waals surface area contributed by atoms with Crippen molar-refractivity contribution in [3.63, 3.8) is 0 Å². The van der Waals surface area contributed by atoms with E-state index in [2.05, 4.69) is 28.9 Å². The molecule has 1 atom stereocenters. The van der Waals surface area contributed by atoms with Crippen molar-refractivity contribution < 1.29 is 4.74 Å². The van der Waals surface area contributed by atoms with Crippen molar-refractivity contribution in [2.45, 2.75) is 25.8 Å². The van der Waals surface area contributed by atoms with Gasteiger partial charge in [0.25, 0.3) is 0 Å². The van der Waals surface area contributed by atoms with E-state index in [1.54, 1.807) is 0 Å². The van der Waals surface area contributed by atoms with Gasteiger partial charge < -0.3 is 15.4 Å². The quantitative estimate of drug-likeness (QED) is 0.839. The van der Waals surface area contributed by atoms with Crippen LogP contribution in [0.5, 0.6) is 0 Å². The van der Waals surface area contributed by atoms with E-state index < -0.39 is 0 Å². The van der Waals surface area contributed by atoms with Crippen LogP contribution in [0.15, 0.2) is 12.1 Å². The Kier molecular flexibility index (Phi) is 3.91. The maximum absolute atomic E-state index is 5.74. The van der Waals surface area contributed by atoms with Gasteiger partial charge in [-0.2, -0.15) is 5.10 Å². The van der Waals surface area contributed by atoms with Gasteiger partial charge in [-0.1, -0.05) is 13.8 Å². The molecule has 2 rings (SSSR count). The third-order valence-corrected chi connectivity index (χ3v) is 3.06. The molecule has 5 heteroatoms. The highest BCUT2D eigenvalue weighted by Gasteiger charge is 2.23. The zero-order valence-corrected chi connectivity index (χ0v) is 10.5. The molecule has 0 bridgehead atoms. The largest absolute Gasteiger partial charge is 0.377 e. The van der Waals surface area contributed by atoms with Crippen LogP contribution in [0.2, 0.25) is 0 Å². The van der Waals surface area contributed by atoms with Crippen LogP contribution in [-0.2, 0) is 4.74 Å². The monoisotopic (exact) mass is 236 g/mol. The van der Waals surface area contributed by atoms with E-state index in [0.29, 0.717) is 19.1 Å². The van der Waals surface area contributed by atoms with Crippen molar-refractivity contribution in [3.8, 4) is 0 Å². The summed E-state index contributed by atoms with van der Waals surface area (Å²) in [6, 6.07) is 4.27. The Labute approximate surface area is 102 Å². The minimum absolute atomic E-state index is 0.211. The first-order valence-corrected chi connectivity index (χ1v) is 6.10. The lowest BCUT2D eigenvalue weighted by atomic mass is 10.1. The third kappa shape index (κ3) is 2.73. The summed E-state index contributed by atoms with van der Waals surface area (Å²) in [5.74, 6) is 1.31. The second-order valence-electron chi connectivity index (χ2n) is 4.63. The third-order valence-electron chi connectivity index (χ3n) is 3.06. The maximum atomic E-state index is 5.74. The molecule has 2 N–H and O–H groups in total. The molecule has 1 saturated heterocycles. The molecule has 1 unspecified atom stereocenters. The van der Waals surface area contributed by atoms with Crippen LogP contribution < -0.4 is 10.6 Å². The van der Waals surface area contributed by atoms with Gasteiger partial charge in [0.2, 0.25) is 0 Å². The lowest BCUT2D eigenvalue weighted by Crippen LogP contribution is -2.49. The van der Waals surface area contributed by atoms with Gasteiger partial charge in [0.15, 0.2) is 5.82 Å². The molecule has 1 aromatic rings. The average molecular weight is 236 g/mol. The van der Waals surface area contributed by atoms with E-state index >= 15 is 0 Å². The van der Waals surface area contributed by atoms with Crippen LogP contribution in [0.3, 0.4) is 0 Å². The van der Waals surface area contributed by atoms with Crippen molar-refractivity contribution in [1.29, 1.82) is 0 Å². The molecule has 1 aliphatic heterocycles. The minimum Gasteiger partial charge on any atom is -0.377 e. The van der Waals surface area contributed by atoms with Crippen LogP contribution in [0, 0.1) is 0 Å². The number of anilines is 1. The molecule has 0 amide bonds. The first-order chi connectivity index (χ1) is 8.22. The Bertz CT molecular complexity index is 352. The standard InChI is InChI=1S/C12H20N4O/c1-9(2)11-3-4-12(15-14-11)16-5-6-17-8-10(16)7-13/h3-4,9-10H,5-8,13H2,1-2H3. The summed E-state index contributed by atoms with van der Waals surface area (Å²) in [4.78, 5) is 2.18. The number of hydrogen-bond acceptors (Lipinski definition) is 5. The molecule has 0 radical (unpaired) electrons. The predicted molar refractivity (Wildman–Crippen MR) is 67.1 cm³/mol. The smallest absolute Gasteiger partial charge is 0.151 e. The lowest BCUT2D eigenvalue weighted by Gasteiger charge is -2.35. The summed E-state index contributed by atoms with van der Waals surface area (Å²) in [6.07, 6.45) is 0. The number of morpholine rings is 1. The summed E-state index contributed by atoms with van der Waals surface area (Å²) in [5.41, 5.74) is 6.76. The molecule has 1 fully saturated rings. The number of nitrogens with two attached hydrogens (primary N) is 1. The first kappa shape index (κ1) is 12.3. The zero-order valence-electron chi connectivity index (χ0n) is 10.5. The Morgan fingerprint density at radius 1 is 1.47 bits per heavy atom. The van der Waals surface area contributed by atoms with Gasteiger partial charge in [-0.15, -0.1) is 5.10 Å². The van der Waals surface area contributed by atoms with Crippen molar-refractivity contribution in [3.05, 3.63) is 17.8 Å². The molecular formula is C12H20N4O. The summed E-state index contributed by atoms with van der Waals surface area (Å²) in [5, 5.41) is 8.54. The summed E-state index contributed by atoms with van der Waals surface area (Å²) in [6.45, 7) is 7.03. The normalized spacial score (nSPS) is 20.9. The highest BCUT2D eigenvalue weighted by atomic mass is 16.5. The fourth-order valence-corrected chi connectivity index (χ4v) is 1.95. The van der Waals surface area contributed by atoms with Crippen LogP contribution in [0.1, 0.15) is 25.5 Å². The first-order valence-electron chi connectivity index (χ1n) is 6.10. The SMILES string of the molecule is CC(C)c1ccc(N2CCOCC2CN)nn1. The molecule has 0 spiro atoms. The molecule has 0 saturated carbocycles. The van der Waals surface area contributed by atoms with Gasteiger partial charge in [0.1, 0.15) is 0 Å². The maximum Gasteiger partial charge on any atom is 0.151 e. The Morgan fingerprint density at radius 2 is 2.29 bits per heavy atom. The number of aromatic nitrogens is 2. The van der Waals surface area contributed by atoms with E-state index in [-0.39, 0.29) is 6.04 Å². The molecular weight excluding hydrogens is 216 g/mol. The molecule has 1 aromatic heterocycles. The van der Waals surface area contributed by atoms with Crippen LogP contribution in [0.25, 0.3) is 0 Å². The fourth-order valence-electron chi connectivity index (χ4n) is 1.95. The van der Waals surface area contributed by atoms with Gasteiger partial charge in [-0.05, 0) is 18.1 Å². The van der Waals surface area contributed by atoms with Crippen molar-refractivity contribution in [1.82, 2.24) is 10.2 Å². The minimum atomic E-state index is 0.211. The molecule has 17 heavy (non-hydrogen) atoms. The van der Waals surface area contributed by atoms with E-state index in [1.165, 1.54) is 0 Å². The average Bonchev–Trinajstić information content (AvgIpc) is 2.39. The van der Waals surface area contributed by atoms with Gasteiger partial charge in [0.05, 0.1) is 24.9 Å². The van der Waals surface area contributed by atoms with E-state index in [0.717, 1.165) is 24.7 Å². The van der Waals surface area contributed by atoms with E-state index in [4.69, 9.17) is 10.5 Å². The molecule has 0 aromatic carbocycles. The fraction of sp³-hybridized carbons (Fsp3) is 0.667. The van der Waals surface area contributed by atoms with Gasteiger partial charge in [-0.3, -0.25) is 0 Å². The number of rotatable bonds is 3. The van der Waals surface area contributed by atoms with Crippen molar-refractivity contribution in [2.75, 3.05) is 31.2 Å². The van der Waals surface area contributed by atoms with Crippen LogP contribution >= 0.6 is 0 Å². The highest BCUT2D eigenvalue weighted by molar-refractivity contribution is 5.39. The summed E-state index contributed by atoms with van der Waals surface area (Å²) >= 11 is 0. The van der Waals surface area contributed by atoms with Gasteiger partial charge in [0, 0.05) is 13.1 Å². The summed E-state index contributed by atoms with van der Waals surface area (Å²) in [7, 11) is 0. The van der Waals surface area contributed by atoms with Gasteiger partial charge in [-0.25, -0.2) is 0 Å². The van der Waals surface area contributed by atoms with Crippen LogP contribution in [-0.4, -0.2) is 42.5 Å². The van der Waals surface area contributed by atoms with Crippen molar-refractivity contribution in [2.24, 2.45) is 5.73 Å². The molecule has 1 aliphatic rings. The van der Waals surface area contributed by atoms with E-state index in [9.17, 15) is 0 Å². The van der Waals surface area contributed by atoms with E-state index in [1.807, 2.05) is 12.1 Å². The lowest BCUT2D eigenvalue weighted by molar-refractivity contribution is 0.0957. The van der Waals surface area contributed by atoms with Crippen LogP contribution in [0.4, 0.5) is 5.82 Å². The zero-order chi connectivity index (χ0) is 12.3. The Morgan fingerprint density at radius 3 is 2.88 bits per heavy atom. The molecule has 2 heterocycles. The Balaban J connectivity index is 2.15. The topological polar surface area (TPSA) is 64.3 Å². The second-order valence-corrected chi connectivity index (χ2v) is 4.63. The highest BCUT2D eigenvalue weighted by Crippen LogP contribution is 2.18. The molecule has 94 valence electrons. The number of nitrogens with zero attached hydrogens (tertiary/aromatic N) is 3. The number of ether oxygens (including phenoxy) is 1. The molecule has 0 aliphatic carbocycles. The Hall–Kier alpha value is -1.20. The second kappa shape index (κ2) is 5.42. The number of hydrogen-bond donors (Lipinski definition) is 1. The summed E-state index contributed by atoms with van der Waals surface area (Å²) < 4.78 is 5.42. The van der Waals surface area contributed by atoms with Crippen molar-refractivity contribution >= 4 is 5.82 Å². The predicted octanol–water partition coefficient (Wildman–Crippen LogP) is 0.764. The van der Waals surface area contributed by atoms with Gasteiger partial charge >= 0.3 is 0 Å².